The number of hydrogen-bond acceptors (Lipinski definition) is 4. The molecular weight excluding hydrogens is 346 g/mol. The van der Waals surface area contributed by atoms with E-state index in [2.05, 4.69) is 26.9 Å². The van der Waals surface area contributed by atoms with Crippen LogP contribution in [0, 0.1) is 5.92 Å². The average Bonchev–Trinajstić information content (AvgIpc) is 2.51. The number of hydrogen-bond donors (Lipinski definition) is 1. The van der Waals surface area contributed by atoms with Crippen molar-refractivity contribution in [3.63, 3.8) is 0 Å². The van der Waals surface area contributed by atoms with Crippen LogP contribution in [-0.2, 0) is 0 Å². The van der Waals surface area contributed by atoms with Gasteiger partial charge in [-0.25, -0.2) is 0 Å². The Morgan fingerprint density at radius 1 is 1.36 bits per heavy atom. The van der Waals surface area contributed by atoms with Crippen molar-refractivity contribution in [2.24, 2.45) is 5.92 Å². The molecule has 2 bridgehead atoms. The molecule has 3 fully saturated rings. The summed E-state index contributed by atoms with van der Waals surface area (Å²) in [6.45, 7) is 4.63. The fraction of sp³-hybridized carbons (Fsp3) is 0.529. The van der Waals surface area contributed by atoms with E-state index >= 15 is 0 Å². The predicted octanol–water partition coefficient (Wildman–Crippen LogP) is 3.28. The van der Waals surface area contributed by atoms with Crippen molar-refractivity contribution in [1.29, 1.82) is 0 Å². The van der Waals surface area contributed by atoms with E-state index in [1.807, 2.05) is 19.1 Å². The molecule has 0 aliphatic carbocycles. The third kappa shape index (κ3) is 2.84. The molecule has 1 aromatic carbocycles. The van der Waals surface area contributed by atoms with Crippen LogP contribution in [0.1, 0.15) is 25.3 Å². The molecule has 120 valence electrons. The molecule has 0 aromatic heterocycles. The fourth-order valence-corrected chi connectivity index (χ4v) is 4.00. The topological polar surface area (TPSA) is 41.9 Å². The highest BCUT2D eigenvalue weighted by molar-refractivity contribution is 9.10. The number of ether oxygens (including phenoxy) is 2. The van der Waals surface area contributed by atoms with Gasteiger partial charge in [-0.05, 0) is 65.4 Å². The minimum Gasteiger partial charge on any atom is -0.492 e. The van der Waals surface area contributed by atoms with Gasteiger partial charge in [0.1, 0.15) is 0 Å². The minimum atomic E-state index is -0.348. The zero-order valence-corrected chi connectivity index (χ0v) is 14.6. The molecule has 1 unspecified atom stereocenters. The second-order valence-corrected chi connectivity index (χ2v) is 6.66. The zero-order valence-electron chi connectivity index (χ0n) is 13.0. The van der Waals surface area contributed by atoms with E-state index < -0.39 is 0 Å². The van der Waals surface area contributed by atoms with Crippen molar-refractivity contribution in [2.45, 2.75) is 25.9 Å². The van der Waals surface area contributed by atoms with Crippen LogP contribution in [0.25, 0.3) is 6.08 Å². The van der Waals surface area contributed by atoms with Gasteiger partial charge in [0.05, 0.1) is 24.3 Å². The Kier molecular flexibility index (Phi) is 4.64. The number of methoxy groups -OCH3 is 1. The van der Waals surface area contributed by atoms with Crippen molar-refractivity contribution in [2.75, 3.05) is 26.8 Å². The Hall–Kier alpha value is -1.20. The maximum absolute atomic E-state index is 10.5. The second kappa shape index (κ2) is 6.50. The van der Waals surface area contributed by atoms with Gasteiger partial charge in [-0.1, -0.05) is 0 Å². The van der Waals surface area contributed by atoms with Crippen LogP contribution in [0.2, 0.25) is 0 Å². The van der Waals surface area contributed by atoms with Gasteiger partial charge < -0.3 is 19.5 Å². The molecule has 1 N–H and O–H groups in total. The van der Waals surface area contributed by atoms with Gasteiger partial charge in [-0.2, -0.15) is 0 Å². The highest BCUT2D eigenvalue weighted by atomic mass is 79.9. The summed E-state index contributed by atoms with van der Waals surface area (Å²) in [5, 5.41) is 10.5. The maximum Gasteiger partial charge on any atom is 0.174 e. The molecule has 0 radical (unpaired) electrons. The Morgan fingerprint density at radius 3 is 2.68 bits per heavy atom. The summed E-state index contributed by atoms with van der Waals surface area (Å²) in [6.07, 6.45) is 3.91. The van der Waals surface area contributed by atoms with Crippen LogP contribution in [0.3, 0.4) is 0 Å². The van der Waals surface area contributed by atoms with Crippen molar-refractivity contribution in [3.8, 4) is 11.5 Å². The molecule has 5 heteroatoms. The minimum absolute atomic E-state index is 0.348. The number of halogens is 1. The molecule has 0 saturated carbocycles. The van der Waals surface area contributed by atoms with Gasteiger partial charge in [-0.15, -0.1) is 0 Å². The van der Waals surface area contributed by atoms with Crippen LogP contribution < -0.4 is 9.47 Å². The van der Waals surface area contributed by atoms with Gasteiger partial charge in [-0.3, -0.25) is 0 Å². The number of aliphatic hydroxyl groups excluding tert-OH is 1. The molecule has 1 aromatic rings. The highest BCUT2D eigenvalue weighted by Crippen LogP contribution is 2.39. The third-order valence-corrected chi connectivity index (χ3v) is 5.09. The Labute approximate surface area is 139 Å². The summed E-state index contributed by atoms with van der Waals surface area (Å²) in [5.41, 5.74) is 2.04. The summed E-state index contributed by atoms with van der Waals surface area (Å²) in [4.78, 5) is 2.29. The molecular formula is C17H22BrNO3. The molecule has 3 heterocycles. The Balaban J connectivity index is 1.96. The van der Waals surface area contributed by atoms with Crippen molar-refractivity contribution < 1.29 is 14.6 Å². The Morgan fingerprint density at radius 2 is 2.09 bits per heavy atom. The van der Waals surface area contributed by atoms with Crippen LogP contribution in [0.4, 0.5) is 0 Å². The van der Waals surface area contributed by atoms with E-state index in [9.17, 15) is 5.11 Å². The third-order valence-electron chi connectivity index (χ3n) is 4.50. The number of piperidine rings is 3. The monoisotopic (exact) mass is 367 g/mol. The van der Waals surface area contributed by atoms with E-state index in [4.69, 9.17) is 9.47 Å². The van der Waals surface area contributed by atoms with Gasteiger partial charge in [0, 0.05) is 18.8 Å². The van der Waals surface area contributed by atoms with Gasteiger partial charge in [0.2, 0.25) is 0 Å². The summed E-state index contributed by atoms with van der Waals surface area (Å²) in [6, 6.07) is 3.97. The molecule has 4 nitrogen and oxygen atoms in total. The summed E-state index contributed by atoms with van der Waals surface area (Å²) < 4.78 is 11.9. The smallest absolute Gasteiger partial charge is 0.174 e. The van der Waals surface area contributed by atoms with Gasteiger partial charge in [0.15, 0.2) is 11.5 Å². The number of fused-ring (bicyclic) bond motifs is 3. The normalized spacial score (nSPS) is 25.6. The molecule has 3 aliphatic heterocycles. The summed E-state index contributed by atoms with van der Waals surface area (Å²) in [5.74, 6) is 1.83. The van der Waals surface area contributed by atoms with Crippen molar-refractivity contribution in [1.82, 2.24) is 4.90 Å². The summed E-state index contributed by atoms with van der Waals surface area (Å²) in [7, 11) is 1.64. The first-order chi connectivity index (χ1) is 10.6. The number of benzene rings is 1. The second-order valence-electron chi connectivity index (χ2n) is 5.81. The standard InChI is InChI=1S/C17H22BrNO3/c1-3-22-15-10-11(8-13(18)17(15)21-2)9-14-16(20)12-4-6-19(14)7-5-12/h8-10,12,16,20H,3-7H2,1-2H3/b14-9+. The molecule has 4 rings (SSSR count). The van der Waals surface area contributed by atoms with Crippen molar-refractivity contribution >= 4 is 22.0 Å². The van der Waals surface area contributed by atoms with E-state index in [0.717, 1.165) is 47.4 Å². The first kappa shape index (κ1) is 15.7. The van der Waals surface area contributed by atoms with E-state index in [0.29, 0.717) is 18.3 Å². The first-order valence-electron chi connectivity index (χ1n) is 7.79. The summed E-state index contributed by atoms with van der Waals surface area (Å²) >= 11 is 3.54. The predicted molar refractivity (Wildman–Crippen MR) is 90.1 cm³/mol. The lowest BCUT2D eigenvalue weighted by Gasteiger charge is -2.46. The van der Waals surface area contributed by atoms with Crippen LogP contribution in [-0.4, -0.2) is 42.9 Å². The zero-order chi connectivity index (χ0) is 15.7. The van der Waals surface area contributed by atoms with E-state index in [1.54, 1.807) is 7.11 Å². The quantitative estimate of drug-likeness (QED) is 0.886. The lowest BCUT2D eigenvalue weighted by atomic mass is 9.83. The molecule has 3 saturated heterocycles. The lowest BCUT2D eigenvalue weighted by molar-refractivity contribution is 0.0215. The van der Waals surface area contributed by atoms with E-state index in [-0.39, 0.29) is 6.10 Å². The van der Waals surface area contributed by atoms with Crippen LogP contribution >= 0.6 is 15.9 Å². The largest absolute Gasteiger partial charge is 0.492 e. The van der Waals surface area contributed by atoms with E-state index in [1.165, 1.54) is 0 Å². The molecule has 3 aliphatic rings. The number of nitrogens with zero attached hydrogens (tertiary/aromatic N) is 1. The molecule has 0 amide bonds. The first-order valence-corrected chi connectivity index (χ1v) is 8.58. The number of aliphatic hydroxyl groups is 1. The number of rotatable bonds is 4. The molecule has 0 spiro atoms. The average molecular weight is 368 g/mol. The van der Waals surface area contributed by atoms with Crippen LogP contribution in [0.15, 0.2) is 22.3 Å². The maximum atomic E-state index is 10.5. The molecule has 22 heavy (non-hydrogen) atoms. The highest BCUT2D eigenvalue weighted by Gasteiger charge is 2.36. The Bertz CT molecular complexity index is 576. The van der Waals surface area contributed by atoms with Gasteiger partial charge >= 0.3 is 0 Å². The van der Waals surface area contributed by atoms with Crippen LogP contribution in [0.5, 0.6) is 11.5 Å². The lowest BCUT2D eigenvalue weighted by Crippen LogP contribution is -2.48. The van der Waals surface area contributed by atoms with Gasteiger partial charge in [0.25, 0.3) is 0 Å². The SMILES string of the molecule is CCOc1cc(/C=C2\C(O)C3CCN2CC3)cc(Br)c1OC. The fourth-order valence-electron chi connectivity index (χ4n) is 3.38. The molecule has 1 atom stereocenters. The van der Waals surface area contributed by atoms with Crippen molar-refractivity contribution in [3.05, 3.63) is 27.9 Å².